The number of hydrogen-bond acceptors (Lipinski definition) is 4. The molecule has 1 aromatic heterocycles. The predicted molar refractivity (Wildman–Crippen MR) is 101 cm³/mol. The molecule has 27 heavy (non-hydrogen) atoms. The fourth-order valence-corrected chi connectivity index (χ4v) is 3.81. The smallest absolute Gasteiger partial charge is 0.252 e. The Morgan fingerprint density at radius 3 is 3.04 bits per heavy atom. The third-order valence-corrected chi connectivity index (χ3v) is 5.33. The van der Waals surface area contributed by atoms with Crippen LogP contribution < -0.4 is 15.0 Å². The number of fused-ring (bicyclic) bond motifs is 2. The maximum absolute atomic E-state index is 12.7. The standard InChI is InChI=1S/C20H24N4O3/c1-24-17-8-4-5-9-18(17)27-12-16(20(24)26)21-19(25)11-10-15-13-6-2-3-7-14(13)22-23-15/h4-5,8-9,16H,2-3,6-7,10-12H2,1H3,(H,21,25)(H,22,23)/t16-/m0/s1. The summed E-state index contributed by atoms with van der Waals surface area (Å²) in [5.74, 6) is 0.308. The van der Waals surface area contributed by atoms with E-state index in [4.69, 9.17) is 4.74 Å². The Kier molecular flexibility index (Phi) is 4.83. The summed E-state index contributed by atoms with van der Waals surface area (Å²) in [5, 5.41) is 10.3. The van der Waals surface area contributed by atoms with Gasteiger partial charge in [-0.3, -0.25) is 14.7 Å². The monoisotopic (exact) mass is 368 g/mol. The van der Waals surface area contributed by atoms with Gasteiger partial charge in [-0.25, -0.2) is 0 Å². The number of aromatic nitrogens is 2. The van der Waals surface area contributed by atoms with Crippen LogP contribution in [0.5, 0.6) is 5.75 Å². The first kappa shape index (κ1) is 17.6. The van der Waals surface area contributed by atoms with E-state index in [9.17, 15) is 9.59 Å². The molecule has 1 atom stereocenters. The zero-order valence-corrected chi connectivity index (χ0v) is 15.5. The number of ether oxygens (including phenoxy) is 1. The number of carbonyl (C=O) groups excluding carboxylic acids is 2. The Morgan fingerprint density at radius 1 is 1.33 bits per heavy atom. The van der Waals surface area contributed by atoms with Gasteiger partial charge in [-0.05, 0) is 43.4 Å². The number of likely N-dealkylation sites (N-methyl/N-ethyl adjacent to an activating group) is 1. The predicted octanol–water partition coefficient (Wildman–Crippen LogP) is 1.76. The van der Waals surface area contributed by atoms with Crippen LogP contribution in [0.25, 0.3) is 0 Å². The Balaban J connectivity index is 1.37. The molecule has 7 heteroatoms. The van der Waals surface area contributed by atoms with E-state index in [1.807, 2.05) is 24.3 Å². The lowest BCUT2D eigenvalue weighted by molar-refractivity contribution is -0.127. The SMILES string of the molecule is CN1C(=O)[C@@H](NC(=O)CCc2n[nH]c3c2CCCC3)COc2ccccc21. The van der Waals surface area contributed by atoms with Gasteiger partial charge in [0.2, 0.25) is 5.91 Å². The van der Waals surface area contributed by atoms with Crippen LogP contribution in [0.2, 0.25) is 0 Å². The van der Waals surface area contributed by atoms with Gasteiger partial charge in [-0.15, -0.1) is 0 Å². The number of para-hydroxylation sites is 2. The first-order valence-electron chi connectivity index (χ1n) is 9.47. The van der Waals surface area contributed by atoms with Crippen molar-refractivity contribution in [2.45, 2.75) is 44.6 Å². The molecule has 2 amide bonds. The molecule has 0 saturated carbocycles. The third-order valence-electron chi connectivity index (χ3n) is 5.33. The minimum absolute atomic E-state index is 0.129. The van der Waals surface area contributed by atoms with Gasteiger partial charge in [0.1, 0.15) is 18.4 Å². The van der Waals surface area contributed by atoms with Gasteiger partial charge in [0, 0.05) is 25.6 Å². The highest BCUT2D eigenvalue weighted by Crippen LogP contribution is 2.30. The van der Waals surface area contributed by atoms with Gasteiger partial charge in [0.05, 0.1) is 11.4 Å². The summed E-state index contributed by atoms with van der Waals surface area (Å²) >= 11 is 0. The van der Waals surface area contributed by atoms with E-state index in [1.165, 1.54) is 29.0 Å². The average Bonchev–Trinajstić information content (AvgIpc) is 3.07. The van der Waals surface area contributed by atoms with Crippen LogP contribution in [-0.2, 0) is 28.9 Å². The average molecular weight is 368 g/mol. The number of rotatable bonds is 4. The van der Waals surface area contributed by atoms with Crippen molar-refractivity contribution in [1.82, 2.24) is 15.5 Å². The zero-order chi connectivity index (χ0) is 18.8. The first-order valence-corrected chi connectivity index (χ1v) is 9.47. The maximum Gasteiger partial charge on any atom is 0.252 e. The molecule has 0 bridgehead atoms. The lowest BCUT2D eigenvalue weighted by Gasteiger charge is -2.20. The zero-order valence-electron chi connectivity index (χ0n) is 15.5. The second-order valence-corrected chi connectivity index (χ2v) is 7.13. The molecule has 0 unspecified atom stereocenters. The highest BCUT2D eigenvalue weighted by molar-refractivity contribution is 6.00. The number of benzene rings is 1. The molecule has 7 nitrogen and oxygen atoms in total. The molecule has 0 radical (unpaired) electrons. The molecule has 1 aliphatic carbocycles. The van der Waals surface area contributed by atoms with Crippen LogP contribution in [0.4, 0.5) is 5.69 Å². The minimum Gasteiger partial charge on any atom is -0.489 e. The van der Waals surface area contributed by atoms with E-state index in [1.54, 1.807) is 7.05 Å². The number of amides is 2. The van der Waals surface area contributed by atoms with Crippen molar-refractivity contribution in [3.05, 3.63) is 41.2 Å². The molecule has 2 aromatic rings. The summed E-state index contributed by atoms with van der Waals surface area (Å²) < 4.78 is 5.73. The van der Waals surface area contributed by atoms with Crippen molar-refractivity contribution < 1.29 is 14.3 Å². The number of anilines is 1. The third kappa shape index (κ3) is 3.54. The molecule has 0 spiro atoms. The van der Waals surface area contributed by atoms with Crippen LogP contribution in [0.1, 0.15) is 36.2 Å². The van der Waals surface area contributed by atoms with Gasteiger partial charge in [-0.1, -0.05) is 12.1 Å². The second-order valence-electron chi connectivity index (χ2n) is 7.13. The lowest BCUT2D eigenvalue weighted by atomic mass is 9.94. The number of nitrogens with zero attached hydrogens (tertiary/aromatic N) is 2. The van der Waals surface area contributed by atoms with Crippen molar-refractivity contribution in [3.63, 3.8) is 0 Å². The van der Waals surface area contributed by atoms with Gasteiger partial charge in [0.15, 0.2) is 0 Å². The Morgan fingerprint density at radius 2 is 2.15 bits per heavy atom. The number of nitrogens with one attached hydrogen (secondary N) is 2. The quantitative estimate of drug-likeness (QED) is 0.861. The summed E-state index contributed by atoms with van der Waals surface area (Å²) in [4.78, 5) is 26.7. The highest BCUT2D eigenvalue weighted by Gasteiger charge is 2.30. The van der Waals surface area contributed by atoms with E-state index < -0.39 is 6.04 Å². The topological polar surface area (TPSA) is 87.3 Å². The van der Waals surface area contributed by atoms with Gasteiger partial charge in [-0.2, -0.15) is 5.10 Å². The number of carbonyl (C=O) groups is 2. The maximum atomic E-state index is 12.7. The Bertz CT molecular complexity index is 861. The van der Waals surface area contributed by atoms with E-state index in [0.29, 0.717) is 24.3 Å². The number of hydrogen-bond donors (Lipinski definition) is 2. The molecule has 0 fully saturated rings. The van der Waals surface area contributed by atoms with Gasteiger partial charge in [0.25, 0.3) is 5.91 Å². The van der Waals surface area contributed by atoms with Crippen molar-refractivity contribution in [2.24, 2.45) is 0 Å². The molecule has 1 aromatic carbocycles. The molecule has 2 aliphatic rings. The van der Waals surface area contributed by atoms with E-state index in [-0.39, 0.29) is 18.4 Å². The first-order chi connectivity index (χ1) is 13.1. The van der Waals surface area contributed by atoms with Crippen LogP contribution in [-0.4, -0.2) is 41.7 Å². The normalized spacial score (nSPS) is 18.9. The largest absolute Gasteiger partial charge is 0.489 e. The van der Waals surface area contributed by atoms with Gasteiger partial charge >= 0.3 is 0 Å². The van der Waals surface area contributed by atoms with E-state index in [0.717, 1.165) is 18.5 Å². The summed E-state index contributed by atoms with van der Waals surface area (Å²) in [7, 11) is 1.70. The molecular weight excluding hydrogens is 344 g/mol. The van der Waals surface area contributed by atoms with Crippen LogP contribution in [0, 0.1) is 0 Å². The van der Waals surface area contributed by atoms with Crippen molar-refractivity contribution >= 4 is 17.5 Å². The van der Waals surface area contributed by atoms with Crippen LogP contribution in [0.3, 0.4) is 0 Å². The van der Waals surface area contributed by atoms with Crippen LogP contribution >= 0.6 is 0 Å². The van der Waals surface area contributed by atoms with Crippen molar-refractivity contribution in [3.8, 4) is 5.75 Å². The fraction of sp³-hybridized carbons (Fsp3) is 0.450. The number of H-pyrrole nitrogens is 1. The molecule has 4 rings (SSSR count). The summed E-state index contributed by atoms with van der Waals surface area (Å²) in [6.07, 6.45) is 5.31. The lowest BCUT2D eigenvalue weighted by Crippen LogP contribution is -2.49. The van der Waals surface area contributed by atoms with Crippen LogP contribution in [0.15, 0.2) is 24.3 Å². The highest BCUT2D eigenvalue weighted by atomic mass is 16.5. The summed E-state index contributed by atoms with van der Waals surface area (Å²) in [6, 6.07) is 6.68. The van der Waals surface area contributed by atoms with E-state index >= 15 is 0 Å². The molecule has 2 heterocycles. The summed E-state index contributed by atoms with van der Waals surface area (Å²) in [5.41, 5.74) is 4.18. The molecule has 0 saturated heterocycles. The molecular formula is C20H24N4O3. The number of aromatic amines is 1. The molecule has 2 N–H and O–H groups in total. The number of aryl methyl sites for hydroxylation is 2. The van der Waals surface area contributed by atoms with Crippen molar-refractivity contribution in [2.75, 3.05) is 18.6 Å². The van der Waals surface area contributed by atoms with Crippen molar-refractivity contribution in [1.29, 1.82) is 0 Å². The van der Waals surface area contributed by atoms with E-state index in [2.05, 4.69) is 15.5 Å². The van der Waals surface area contributed by atoms with Gasteiger partial charge < -0.3 is 15.0 Å². The molecule has 142 valence electrons. The molecule has 1 aliphatic heterocycles. The fourth-order valence-electron chi connectivity index (χ4n) is 3.81. The Labute approximate surface area is 158 Å². The minimum atomic E-state index is -0.692. The second kappa shape index (κ2) is 7.42. The summed E-state index contributed by atoms with van der Waals surface area (Å²) in [6.45, 7) is 0.129. The Hall–Kier alpha value is -2.83.